The molecule has 0 spiro atoms. The molecule has 3 heteroatoms. The van der Waals surface area contributed by atoms with Gasteiger partial charge in [-0.15, -0.1) is 0 Å². The number of nitrogens with one attached hydrogen (secondary N) is 1. The molecule has 0 atom stereocenters. The smallest absolute Gasteiger partial charge is 0.165 e. The van der Waals surface area contributed by atoms with E-state index >= 15 is 0 Å². The molecular formula is C14H22FNO. The zero-order valence-electron chi connectivity index (χ0n) is 10.9. The number of hydrogen-bond donors (Lipinski definition) is 1. The fourth-order valence-corrected chi connectivity index (χ4v) is 1.53. The minimum Gasteiger partial charge on any atom is -0.489 e. The molecule has 0 aliphatic heterocycles. The Balaban J connectivity index is 2.43. The zero-order valence-corrected chi connectivity index (χ0v) is 10.9. The molecule has 1 aromatic carbocycles. The first-order valence-electron chi connectivity index (χ1n) is 6.28. The van der Waals surface area contributed by atoms with Crippen molar-refractivity contribution >= 4 is 0 Å². The van der Waals surface area contributed by atoms with E-state index in [1.165, 1.54) is 0 Å². The molecule has 96 valence electrons. The van der Waals surface area contributed by atoms with Crippen molar-refractivity contribution in [3.63, 3.8) is 0 Å². The van der Waals surface area contributed by atoms with Gasteiger partial charge in [-0.05, 0) is 36.6 Å². The summed E-state index contributed by atoms with van der Waals surface area (Å²) in [6, 6.07) is 5.19. The van der Waals surface area contributed by atoms with E-state index < -0.39 is 0 Å². The molecule has 0 amide bonds. The van der Waals surface area contributed by atoms with Crippen LogP contribution in [0, 0.1) is 5.82 Å². The molecule has 0 fully saturated rings. The maximum atomic E-state index is 13.6. The van der Waals surface area contributed by atoms with Crippen LogP contribution in [0.25, 0.3) is 0 Å². The normalized spacial score (nSPS) is 10.9. The Morgan fingerprint density at radius 3 is 2.65 bits per heavy atom. The van der Waals surface area contributed by atoms with Gasteiger partial charge in [-0.1, -0.05) is 26.8 Å². The molecule has 0 aliphatic rings. The highest BCUT2D eigenvalue weighted by molar-refractivity contribution is 5.30. The van der Waals surface area contributed by atoms with E-state index in [1.807, 2.05) is 19.9 Å². The Morgan fingerprint density at radius 2 is 2.06 bits per heavy atom. The first kappa shape index (κ1) is 14.0. The Hall–Kier alpha value is -1.09. The Labute approximate surface area is 103 Å². The van der Waals surface area contributed by atoms with Gasteiger partial charge in [0.1, 0.15) is 6.61 Å². The molecule has 0 heterocycles. The highest BCUT2D eigenvalue weighted by Crippen LogP contribution is 2.22. The summed E-state index contributed by atoms with van der Waals surface area (Å²) in [7, 11) is 0. The van der Waals surface area contributed by atoms with Crippen molar-refractivity contribution in [2.45, 2.75) is 33.1 Å². The largest absolute Gasteiger partial charge is 0.489 e. The zero-order chi connectivity index (χ0) is 12.7. The fraction of sp³-hybridized carbons (Fsp3) is 0.571. The van der Waals surface area contributed by atoms with Crippen LogP contribution in [-0.2, 0) is 0 Å². The van der Waals surface area contributed by atoms with E-state index in [2.05, 4.69) is 12.2 Å². The lowest BCUT2D eigenvalue weighted by atomic mass is 10.0. The van der Waals surface area contributed by atoms with Gasteiger partial charge in [0, 0.05) is 6.54 Å². The van der Waals surface area contributed by atoms with Gasteiger partial charge in [0.25, 0.3) is 0 Å². The highest BCUT2D eigenvalue weighted by Gasteiger charge is 2.06. The van der Waals surface area contributed by atoms with Gasteiger partial charge in [0.15, 0.2) is 11.6 Å². The van der Waals surface area contributed by atoms with Crippen LogP contribution in [0.2, 0.25) is 0 Å². The maximum absolute atomic E-state index is 13.6. The van der Waals surface area contributed by atoms with Gasteiger partial charge < -0.3 is 10.1 Å². The third-order valence-electron chi connectivity index (χ3n) is 2.59. The summed E-state index contributed by atoms with van der Waals surface area (Å²) in [4.78, 5) is 0. The number of ether oxygens (including phenoxy) is 1. The van der Waals surface area contributed by atoms with Crippen LogP contribution in [0.3, 0.4) is 0 Å². The van der Waals surface area contributed by atoms with Crippen molar-refractivity contribution in [2.24, 2.45) is 0 Å². The fourth-order valence-electron chi connectivity index (χ4n) is 1.53. The summed E-state index contributed by atoms with van der Waals surface area (Å²) < 4.78 is 19.0. The molecule has 0 saturated carbocycles. The third-order valence-corrected chi connectivity index (χ3v) is 2.59. The van der Waals surface area contributed by atoms with Crippen molar-refractivity contribution < 1.29 is 9.13 Å². The van der Waals surface area contributed by atoms with E-state index in [-0.39, 0.29) is 5.82 Å². The van der Waals surface area contributed by atoms with E-state index in [1.54, 1.807) is 12.1 Å². The Kier molecular flexibility index (Phi) is 5.98. The predicted octanol–water partition coefficient (Wildman–Crippen LogP) is 3.33. The van der Waals surface area contributed by atoms with E-state index in [0.717, 1.165) is 25.1 Å². The summed E-state index contributed by atoms with van der Waals surface area (Å²) >= 11 is 0. The molecule has 0 aromatic heterocycles. The van der Waals surface area contributed by atoms with Gasteiger partial charge in [-0.25, -0.2) is 4.39 Å². The van der Waals surface area contributed by atoms with Crippen LogP contribution in [0.5, 0.6) is 5.75 Å². The van der Waals surface area contributed by atoms with Gasteiger partial charge in [-0.2, -0.15) is 0 Å². The summed E-state index contributed by atoms with van der Waals surface area (Å²) in [6.45, 7) is 8.42. The monoisotopic (exact) mass is 239 g/mol. The Bertz CT molecular complexity index is 339. The topological polar surface area (TPSA) is 21.3 Å². The summed E-state index contributed by atoms with van der Waals surface area (Å²) in [5.41, 5.74) is 0.999. The Morgan fingerprint density at radius 1 is 1.29 bits per heavy atom. The molecule has 17 heavy (non-hydrogen) atoms. The molecule has 2 nitrogen and oxygen atoms in total. The van der Waals surface area contributed by atoms with Crippen molar-refractivity contribution in [1.29, 1.82) is 0 Å². The van der Waals surface area contributed by atoms with Crippen molar-refractivity contribution in [3.8, 4) is 5.75 Å². The van der Waals surface area contributed by atoms with Crippen LogP contribution in [0.1, 0.15) is 38.7 Å². The van der Waals surface area contributed by atoms with Crippen LogP contribution in [-0.4, -0.2) is 19.7 Å². The third kappa shape index (κ3) is 4.73. The molecule has 1 N–H and O–H groups in total. The van der Waals surface area contributed by atoms with Gasteiger partial charge in [-0.3, -0.25) is 0 Å². The second-order valence-corrected chi connectivity index (χ2v) is 4.44. The molecule has 1 aromatic rings. The number of hydrogen-bond acceptors (Lipinski definition) is 2. The molecular weight excluding hydrogens is 217 g/mol. The van der Waals surface area contributed by atoms with Gasteiger partial charge in [0.2, 0.25) is 0 Å². The van der Waals surface area contributed by atoms with Gasteiger partial charge >= 0.3 is 0 Å². The average molecular weight is 239 g/mol. The van der Waals surface area contributed by atoms with Gasteiger partial charge in [0.05, 0.1) is 0 Å². The lowest BCUT2D eigenvalue weighted by molar-refractivity contribution is 0.299. The molecule has 0 saturated heterocycles. The minimum absolute atomic E-state index is 0.272. The first-order valence-corrected chi connectivity index (χ1v) is 6.28. The van der Waals surface area contributed by atoms with E-state index in [9.17, 15) is 4.39 Å². The maximum Gasteiger partial charge on any atom is 0.165 e. The van der Waals surface area contributed by atoms with Crippen LogP contribution in [0.4, 0.5) is 4.39 Å². The summed E-state index contributed by atoms with van der Waals surface area (Å²) in [5, 5.41) is 3.21. The van der Waals surface area contributed by atoms with Crippen LogP contribution >= 0.6 is 0 Å². The lowest BCUT2D eigenvalue weighted by Crippen LogP contribution is -2.21. The SMILES string of the molecule is CCCNCCOc1ccc(C(C)C)cc1F. The minimum atomic E-state index is -0.272. The first-order chi connectivity index (χ1) is 8.15. The quantitative estimate of drug-likeness (QED) is 0.737. The molecule has 1 rings (SSSR count). The second kappa shape index (κ2) is 7.28. The van der Waals surface area contributed by atoms with E-state index in [4.69, 9.17) is 4.74 Å². The molecule has 0 bridgehead atoms. The van der Waals surface area contributed by atoms with E-state index in [0.29, 0.717) is 18.3 Å². The average Bonchev–Trinajstić information content (AvgIpc) is 2.30. The number of rotatable bonds is 7. The number of benzene rings is 1. The summed E-state index contributed by atoms with van der Waals surface area (Å²) in [6.07, 6.45) is 1.09. The van der Waals surface area contributed by atoms with Crippen molar-refractivity contribution in [2.75, 3.05) is 19.7 Å². The number of halogens is 1. The molecule has 0 unspecified atom stereocenters. The predicted molar refractivity (Wildman–Crippen MR) is 69.1 cm³/mol. The second-order valence-electron chi connectivity index (χ2n) is 4.44. The van der Waals surface area contributed by atoms with Crippen molar-refractivity contribution in [1.82, 2.24) is 5.32 Å². The van der Waals surface area contributed by atoms with Crippen molar-refractivity contribution in [3.05, 3.63) is 29.6 Å². The molecule has 0 radical (unpaired) electrons. The lowest BCUT2D eigenvalue weighted by Gasteiger charge is -2.10. The van der Waals surface area contributed by atoms with Crippen LogP contribution < -0.4 is 10.1 Å². The molecule has 0 aliphatic carbocycles. The summed E-state index contributed by atoms with van der Waals surface area (Å²) in [5.74, 6) is 0.407. The van der Waals surface area contributed by atoms with Crippen LogP contribution in [0.15, 0.2) is 18.2 Å². The standard InChI is InChI=1S/C14H22FNO/c1-4-7-16-8-9-17-14-6-5-12(11(2)3)10-13(14)15/h5-6,10-11,16H,4,7-9H2,1-3H3. The highest BCUT2D eigenvalue weighted by atomic mass is 19.1.